The van der Waals surface area contributed by atoms with Crippen LogP contribution in [0.1, 0.15) is 22.5 Å². The normalized spacial score (nSPS) is 11.1. The van der Waals surface area contributed by atoms with E-state index in [4.69, 9.17) is 5.84 Å². The van der Waals surface area contributed by atoms with Gasteiger partial charge in [0.05, 0.1) is 5.39 Å². The van der Waals surface area contributed by atoms with E-state index in [1.807, 2.05) is 6.07 Å². The zero-order chi connectivity index (χ0) is 13.2. The molecule has 0 unspecified atom stereocenters. The van der Waals surface area contributed by atoms with Crippen LogP contribution in [0, 0.1) is 0 Å². The molecule has 3 N–H and O–H groups in total. The highest BCUT2D eigenvalue weighted by Crippen LogP contribution is 2.29. The number of nitrogen functional groups attached to an aromatic ring is 1. The van der Waals surface area contributed by atoms with E-state index in [1.54, 1.807) is 22.7 Å². The Balaban J connectivity index is 2.05. The van der Waals surface area contributed by atoms with E-state index >= 15 is 0 Å². The van der Waals surface area contributed by atoms with Crippen molar-refractivity contribution in [2.24, 2.45) is 5.84 Å². The van der Waals surface area contributed by atoms with Gasteiger partial charge in [-0.3, -0.25) is 0 Å². The molecule has 3 rings (SSSR count). The lowest BCUT2D eigenvalue weighted by Gasteiger charge is -2.04. The number of nitrogens with zero attached hydrogens (tertiary/aromatic N) is 2. The van der Waals surface area contributed by atoms with Gasteiger partial charge >= 0.3 is 0 Å². The summed E-state index contributed by atoms with van der Waals surface area (Å²) in [5, 5.41) is 3.08. The van der Waals surface area contributed by atoms with Crippen molar-refractivity contribution in [1.29, 1.82) is 0 Å². The fourth-order valence-electron chi connectivity index (χ4n) is 1.95. The first-order chi connectivity index (χ1) is 9.30. The Labute approximate surface area is 119 Å². The maximum atomic E-state index is 5.58. The second-order valence-electron chi connectivity index (χ2n) is 4.17. The van der Waals surface area contributed by atoms with E-state index in [0.29, 0.717) is 5.82 Å². The van der Waals surface area contributed by atoms with E-state index in [0.717, 1.165) is 28.9 Å². The second kappa shape index (κ2) is 5.24. The summed E-state index contributed by atoms with van der Waals surface area (Å²) in [7, 11) is 0. The monoisotopic (exact) mass is 290 g/mol. The number of aromatic nitrogens is 2. The summed E-state index contributed by atoms with van der Waals surface area (Å²) < 4.78 is 0. The molecule has 0 bridgehead atoms. The zero-order valence-electron chi connectivity index (χ0n) is 10.5. The van der Waals surface area contributed by atoms with Gasteiger partial charge in [0, 0.05) is 16.2 Å². The molecule has 0 fully saturated rings. The van der Waals surface area contributed by atoms with E-state index < -0.39 is 0 Å². The van der Waals surface area contributed by atoms with Crippen LogP contribution in [-0.2, 0) is 12.8 Å². The fourth-order valence-corrected chi connectivity index (χ4v) is 3.64. The third-order valence-electron chi connectivity index (χ3n) is 2.89. The molecule has 0 amide bonds. The Hall–Kier alpha value is -1.50. The quantitative estimate of drug-likeness (QED) is 0.572. The molecule has 0 aliphatic carbocycles. The summed E-state index contributed by atoms with van der Waals surface area (Å²) >= 11 is 3.43. The van der Waals surface area contributed by atoms with Crippen molar-refractivity contribution in [2.75, 3.05) is 5.43 Å². The molecule has 98 valence electrons. The summed E-state index contributed by atoms with van der Waals surface area (Å²) in [6, 6.07) is 6.25. The summed E-state index contributed by atoms with van der Waals surface area (Å²) in [6.07, 6.45) is 1.76. The molecule has 0 aliphatic heterocycles. The molecule has 0 radical (unpaired) electrons. The van der Waals surface area contributed by atoms with Gasteiger partial charge in [0.2, 0.25) is 0 Å². The molecular weight excluding hydrogens is 276 g/mol. The first kappa shape index (κ1) is 12.5. The predicted molar refractivity (Wildman–Crippen MR) is 81.7 cm³/mol. The average molecular weight is 290 g/mol. The number of nitrogens with two attached hydrogens (primary N) is 1. The van der Waals surface area contributed by atoms with Crippen molar-refractivity contribution in [3.63, 3.8) is 0 Å². The van der Waals surface area contributed by atoms with Gasteiger partial charge in [0.25, 0.3) is 0 Å². The van der Waals surface area contributed by atoms with Gasteiger partial charge in [-0.05, 0) is 23.9 Å². The number of aryl methyl sites for hydroxylation is 1. The number of hydrogen-bond donors (Lipinski definition) is 2. The van der Waals surface area contributed by atoms with Crippen molar-refractivity contribution in [2.45, 2.75) is 19.8 Å². The summed E-state index contributed by atoms with van der Waals surface area (Å²) in [4.78, 5) is 12.7. The van der Waals surface area contributed by atoms with Crippen molar-refractivity contribution in [1.82, 2.24) is 9.97 Å². The van der Waals surface area contributed by atoms with Crippen molar-refractivity contribution in [3.05, 3.63) is 39.2 Å². The van der Waals surface area contributed by atoms with Gasteiger partial charge in [-0.25, -0.2) is 15.8 Å². The molecular formula is C13H14N4S2. The Morgan fingerprint density at radius 3 is 2.89 bits per heavy atom. The third kappa shape index (κ3) is 2.47. The van der Waals surface area contributed by atoms with Gasteiger partial charge in [0.15, 0.2) is 5.82 Å². The van der Waals surface area contributed by atoms with Crippen LogP contribution in [0.15, 0.2) is 23.6 Å². The lowest BCUT2D eigenvalue weighted by Crippen LogP contribution is -2.10. The van der Waals surface area contributed by atoms with E-state index in [-0.39, 0.29) is 0 Å². The Morgan fingerprint density at radius 1 is 1.32 bits per heavy atom. The Bertz CT molecular complexity index is 688. The minimum absolute atomic E-state index is 0.715. The molecule has 0 saturated carbocycles. The van der Waals surface area contributed by atoms with Crippen LogP contribution < -0.4 is 11.3 Å². The van der Waals surface area contributed by atoms with Crippen molar-refractivity contribution in [3.8, 4) is 0 Å². The molecule has 0 atom stereocenters. The molecule has 3 aromatic rings. The fraction of sp³-hybridized carbons (Fsp3) is 0.231. The number of hydrazine groups is 1. The molecule has 0 saturated heterocycles. The SMILES string of the molecule is CCc1cc2c(NN)nc(Cc3cccs3)nc2s1. The van der Waals surface area contributed by atoms with Crippen molar-refractivity contribution >= 4 is 38.7 Å². The first-order valence-corrected chi connectivity index (χ1v) is 7.78. The molecule has 0 aliphatic rings. The lowest BCUT2D eigenvalue weighted by atomic mass is 10.3. The Kier molecular flexibility index (Phi) is 3.46. The largest absolute Gasteiger partial charge is 0.308 e. The number of hydrogen-bond acceptors (Lipinski definition) is 6. The number of nitrogens with one attached hydrogen (secondary N) is 1. The van der Waals surface area contributed by atoms with Gasteiger partial charge in [0.1, 0.15) is 10.7 Å². The molecule has 19 heavy (non-hydrogen) atoms. The summed E-state index contributed by atoms with van der Waals surface area (Å²) in [6.45, 7) is 2.14. The van der Waals surface area contributed by atoms with Crippen LogP contribution in [0.2, 0.25) is 0 Å². The highest BCUT2D eigenvalue weighted by molar-refractivity contribution is 7.18. The highest BCUT2D eigenvalue weighted by Gasteiger charge is 2.11. The van der Waals surface area contributed by atoms with Crippen LogP contribution in [0.3, 0.4) is 0 Å². The molecule has 4 nitrogen and oxygen atoms in total. The molecule has 0 aromatic carbocycles. The van der Waals surface area contributed by atoms with Gasteiger partial charge in [-0.1, -0.05) is 13.0 Å². The van der Waals surface area contributed by atoms with Gasteiger partial charge < -0.3 is 5.43 Å². The third-order valence-corrected chi connectivity index (χ3v) is 4.94. The summed E-state index contributed by atoms with van der Waals surface area (Å²) in [5.41, 5.74) is 2.69. The van der Waals surface area contributed by atoms with Gasteiger partial charge in [-0.15, -0.1) is 22.7 Å². The molecule has 3 aromatic heterocycles. The van der Waals surface area contributed by atoms with Crippen LogP contribution in [-0.4, -0.2) is 9.97 Å². The highest BCUT2D eigenvalue weighted by atomic mass is 32.1. The Morgan fingerprint density at radius 2 is 2.21 bits per heavy atom. The van der Waals surface area contributed by atoms with Crippen LogP contribution in [0.25, 0.3) is 10.2 Å². The number of thiophene rings is 2. The van der Waals surface area contributed by atoms with Gasteiger partial charge in [-0.2, -0.15) is 0 Å². The van der Waals surface area contributed by atoms with Crippen LogP contribution in [0.4, 0.5) is 5.82 Å². The zero-order valence-corrected chi connectivity index (χ0v) is 12.1. The standard InChI is InChI=1S/C13H14N4S2/c1-2-8-6-10-12(17-14)15-11(16-13(10)19-8)7-9-4-3-5-18-9/h3-6H,2,7,14H2,1H3,(H,15,16,17). The van der Waals surface area contributed by atoms with E-state index in [1.165, 1.54) is 9.75 Å². The first-order valence-electron chi connectivity index (χ1n) is 6.08. The maximum absolute atomic E-state index is 5.58. The predicted octanol–water partition coefficient (Wildman–Crippen LogP) is 3.19. The number of fused-ring (bicyclic) bond motifs is 1. The number of anilines is 1. The maximum Gasteiger partial charge on any atom is 0.152 e. The average Bonchev–Trinajstić information content (AvgIpc) is 3.06. The lowest BCUT2D eigenvalue weighted by molar-refractivity contribution is 1.01. The molecule has 6 heteroatoms. The minimum Gasteiger partial charge on any atom is -0.308 e. The van der Waals surface area contributed by atoms with Crippen LogP contribution >= 0.6 is 22.7 Å². The minimum atomic E-state index is 0.715. The molecule has 0 spiro atoms. The van der Waals surface area contributed by atoms with E-state index in [9.17, 15) is 0 Å². The number of rotatable bonds is 4. The van der Waals surface area contributed by atoms with Crippen molar-refractivity contribution < 1.29 is 0 Å². The van der Waals surface area contributed by atoms with Crippen LogP contribution in [0.5, 0.6) is 0 Å². The summed E-state index contributed by atoms with van der Waals surface area (Å²) in [5.74, 6) is 7.10. The smallest absolute Gasteiger partial charge is 0.152 e. The van der Waals surface area contributed by atoms with E-state index in [2.05, 4.69) is 39.8 Å². The topological polar surface area (TPSA) is 63.8 Å². The second-order valence-corrected chi connectivity index (χ2v) is 6.32. The molecule has 3 heterocycles.